The molecule has 0 saturated carbocycles. The summed E-state index contributed by atoms with van der Waals surface area (Å²) in [6.07, 6.45) is -12.0. The van der Waals surface area contributed by atoms with E-state index in [9.17, 15) is 25.5 Å². The molecule has 0 aromatic heterocycles. The molecule has 0 bridgehead atoms. The zero-order chi connectivity index (χ0) is 18.2. The van der Waals surface area contributed by atoms with Gasteiger partial charge in [0, 0.05) is 0 Å². The highest BCUT2D eigenvalue weighted by Crippen LogP contribution is 2.29. The lowest BCUT2D eigenvalue weighted by Gasteiger charge is -2.45. The average molecular weight is 352 g/mol. The third-order valence-electron chi connectivity index (χ3n) is 4.29. The van der Waals surface area contributed by atoms with Crippen molar-refractivity contribution >= 4 is 0 Å². The van der Waals surface area contributed by atoms with Gasteiger partial charge in [0.15, 0.2) is 12.6 Å². The van der Waals surface area contributed by atoms with Crippen molar-refractivity contribution in [3.05, 3.63) is 0 Å². The van der Waals surface area contributed by atoms with Gasteiger partial charge < -0.3 is 44.5 Å². The van der Waals surface area contributed by atoms with E-state index in [1.165, 1.54) is 6.92 Å². The number of hydrogen-bond donors (Lipinski definition) is 5. The van der Waals surface area contributed by atoms with Crippen molar-refractivity contribution in [2.24, 2.45) is 0 Å². The van der Waals surface area contributed by atoms with Gasteiger partial charge in [-0.15, -0.1) is 0 Å². The average Bonchev–Trinajstić information content (AvgIpc) is 2.51. The van der Waals surface area contributed by atoms with Crippen LogP contribution in [-0.2, 0) is 18.9 Å². The van der Waals surface area contributed by atoms with Crippen LogP contribution in [0, 0.1) is 0 Å². The first kappa shape index (κ1) is 20.0. The number of aliphatic hydroxyl groups excluding tert-OH is 5. The summed E-state index contributed by atoms with van der Waals surface area (Å²) in [6.45, 7) is 6.66. The first-order valence-electron chi connectivity index (χ1n) is 8.15. The Labute approximate surface area is 140 Å². The summed E-state index contributed by atoms with van der Waals surface area (Å²) < 4.78 is 22.1. The Bertz CT molecular complexity index is 406. The summed E-state index contributed by atoms with van der Waals surface area (Å²) in [5, 5.41) is 49.9. The Morgan fingerprint density at radius 1 is 0.708 bits per heavy atom. The fourth-order valence-electron chi connectivity index (χ4n) is 2.81. The molecule has 9 nitrogen and oxygen atoms in total. The van der Waals surface area contributed by atoms with Crippen molar-refractivity contribution in [1.82, 2.24) is 0 Å². The second-order valence-electron chi connectivity index (χ2n) is 6.66. The van der Waals surface area contributed by atoms with E-state index in [4.69, 9.17) is 18.9 Å². The number of ether oxygens (including phenoxy) is 4. The van der Waals surface area contributed by atoms with E-state index in [-0.39, 0.29) is 6.10 Å². The molecule has 2 aliphatic rings. The summed E-state index contributed by atoms with van der Waals surface area (Å²) in [6, 6.07) is 0. The molecule has 0 aromatic rings. The van der Waals surface area contributed by atoms with Gasteiger partial charge in [0.05, 0.1) is 18.3 Å². The van der Waals surface area contributed by atoms with Crippen molar-refractivity contribution in [3.63, 3.8) is 0 Å². The van der Waals surface area contributed by atoms with Crippen LogP contribution in [0.15, 0.2) is 0 Å². The third kappa shape index (κ3) is 4.06. The lowest BCUT2D eigenvalue weighted by molar-refractivity contribution is -0.365. The van der Waals surface area contributed by atoms with Gasteiger partial charge in [0.2, 0.25) is 0 Å². The maximum Gasteiger partial charge on any atom is 0.187 e. The molecule has 2 aliphatic heterocycles. The molecule has 0 spiro atoms. The van der Waals surface area contributed by atoms with E-state index in [1.807, 2.05) is 0 Å². The van der Waals surface area contributed by atoms with Crippen molar-refractivity contribution < 1.29 is 44.5 Å². The fourth-order valence-corrected chi connectivity index (χ4v) is 2.81. The molecule has 0 radical (unpaired) electrons. The first-order valence-corrected chi connectivity index (χ1v) is 8.15. The summed E-state index contributed by atoms with van der Waals surface area (Å²) in [7, 11) is 0. The minimum Gasteiger partial charge on any atom is -0.388 e. The zero-order valence-electron chi connectivity index (χ0n) is 14.2. The van der Waals surface area contributed by atoms with Crippen LogP contribution in [0.3, 0.4) is 0 Å². The summed E-state index contributed by atoms with van der Waals surface area (Å²) >= 11 is 0. The summed E-state index contributed by atoms with van der Waals surface area (Å²) in [5.41, 5.74) is 0. The molecule has 2 saturated heterocycles. The van der Waals surface area contributed by atoms with Crippen molar-refractivity contribution in [3.8, 4) is 0 Å². The van der Waals surface area contributed by atoms with Crippen LogP contribution in [0.2, 0.25) is 0 Å². The Kier molecular flexibility index (Phi) is 6.57. The van der Waals surface area contributed by atoms with E-state index < -0.39 is 61.4 Å². The molecular weight excluding hydrogens is 324 g/mol. The Hall–Kier alpha value is -0.360. The van der Waals surface area contributed by atoms with Gasteiger partial charge in [-0.3, -0.25) is 0 Å². The minimum absolute atomic E-state index is 0.237. The van der Waals surface area contributed by atoms with E-state index in [2.05, 4.69) is 0 Å². The Morgan fingerprint density at radius 2 is 1.21 bits per heavy atom. The second kappa shape index (κ2) is 7.90. The standard InChI is InChI=1S/C15H28O9/c1-5(2)21-15-13(11(19)9(17)7(4)23-15)24-14-12(20)10(18)8(16)6(3)22-14/h5-20H,1-4H3/t6-,7+,8-,9+,10+,11-,12+,13-,14?,15?/m1/s1. The molecule has 0 aliphatic carbocycles. The summed E-state index contributed by atoms with van der Waals surface area (Å²) in [5.74, 6) is 0. The minimum atomic E-state index is -1.53. The van der Waals surface area contributed by atoms with Crippen LogP contribution in [-0.4, -0.2) is 93.0 Å². The SMILES string of the molecule is CC(C)OC1O[C@@H](C)[C@H](O)[C@@H](O)[C@H]1OC1O[C@H](C)[C@@H](O)[C@H](O)[C@@H]1O. The van der Waals surface area contributed by atoms with Crippen molar-refractivity contribution in [2.45, 2.75) is 95.2 Å². The largest absolute Gasteiger partial charge is 0.388 e. The smallest absolute Gasteiger partial charge is 0.187 e. The lowest BCUT2D eigenvalue weighted by atomic mass is 9.98. The number of rotatable bonds is 4. The molecule has 2 unspecified atom stereocenters. The van der Waals surface area contributed by atoms with Crippen molar-refractivity contribution in [1.29, 1.82) is 0 Å². The Morgan fingerprint density at radius 3 is 1.75 bits per heavy atom. The maximum absolute atomic E-state index is 10.3. The van der Waals surface area contributed by atoms with Gasteiger partial charge in [0.1, 0.15) is 36.6 Å². The van der Waals surface area contributed by atoms with Crippen LogP contribution in [0.25, 0.3) is 0 Å². The van der Waals surface area contributed by atoms with Crippen LogP contribution in [0.4, 0.5) is 0 Å². The summed E-state index contributed by atoms with van der Waals surface area (Å²) in [4.78, 5) is 0. The van der Waals surface area contributed by atoms with Gasteiger partial charge in [-0.05, 0) is 27.7 Å². The fraction of sp³-hybridized carbons (Fsp3) is 1.00. The maximum atomic E-state index is 10.3. The normalized spacial score (nSPS) is 50.2. The molecule has 2 rings (SSSR count). The van der Waals surface area contributed by atoms with Gasteiger partial charge in [-0.2, -0.15) is 0 Å². The van der Waals surface area contributed by atoms with Crippen LogP contribution >= 0.6 is 0 Å². The lowest BCUT2D eigenvalue weighted by Crippen LogP contribution is -2.63. The first-order chi connectivity index (χ1) is 11.1. The molecule has 142 valence electrons. The molecule has 0 aromatic carbocycles. The third-order valence-corrected chi connectivity index (χ3v) is 4.29. The van der Waals surface area contributed by atoms with Crippen LogP contribution in [0.1, 0.15) is 27.7 Å². The molecule has 2 fully saturated rings. The molecule has 9 heteroatoms. The molecule has 10 atom stereocenters. The molecule has 2 heterocycles. The monoisotopic (exact) mass is 352 g/mol. The Balaban J connectivity index is 2.13. The van der Waals surface area contributed by atoms with Crippen molar-refractivity contribution in [2.75, 3.05) is 0 Å². The van der Waals surface area contributed by atoms with Gasteiger partial charge >= 0.3 is 0 Å². The predicted molar refractivity (Wildman–Crippen MR) is 79.8 cm³/mol. The van der Waals surface area contributed by atoms with E-state index in [1.54, 1.807) is 20.8 Å². The van der Waals surface area contributed by atoms with Crippen LogP contribution in [0.5, 0.6) is 0 Å². The highest BCUT2D eigenvalue weighted by Gasteiger charge is 2.49. The number of hydrogen-bond acceptors (Lipinski definition) is 9. The molecule has 5 N–H and O–H groups in total. The quantitative estimate of drug-likeness (QED) is 0.392. The highest BCUT2D eigenvalue weighted by atomic mass is 16.8. The molecule has 0 amide bonds. The zero-order valence-corrected chi connectivity index (χ0v) is 14.2. The molecule has 24 heavy (non-hydrogen) atoms. The van der Waals surface area contributed by atoms with Gasteiger partial charge in [-0.1, -0.05) is 0 Å². The van der Waals surface area contributed by atoms with Gasteiger partial charge in [0.25, 0.3) is 0 Å². The second-order valence-corrected chi connectivity index (χ2v) is 6.66. The van der Waals surface area contributed by atoms with E-state index >= 15 is 0 Å². The molecular formula is C15H28O9. The van der Waals surface area contributed by atoms with E-state index in [0.29, 0.717) is 0 Å². The van der Waals surface area contributed by atoms with E-state index in [0.717, 1.165) is 0 Å². The topological polar surface area (TPSA) is 138 Å². The van der Waals surface area contributed by atoms with Crippen LogP contribution < -0.4 is 0 Å². The van der Waals surface area contributed by atoms with Gasteiger partial charge in [-0.25, -0.2) is 0 Å². The number of aliphatic hydroxyl groups is 5. The predicted octanol–water partition coefficient (Wildman–Crippen LogP) is -1.91. The highest BCUT2D eigenvalue weighted by molar-refractivity contribution is 4.92.